The fourth-order valence-electron chi connectivity index (χ4n) is 3.29. The second-order valence-electron chi connectivity index (χ2n) is 6.68. The van der Waals surface area contributed by atoms with E-state index in [0.717, 1.165) is 6.54 Å². The zero-order valence-electron chi connectivity index (χ0n) is 16.6. The third-order valence-electron chi connectivity index (χ3n) is 5.07. The molecule has 2 aromatic rings. The molecule has 0 saturated carbocycles. The number of amides is 3. The predicted molar refractivity (Wildman–Crippen MR) is 105 cm³/mol. The molecule has 7 heteroatoms. The normalized spacial score (nSPS) is 15.7. The van der Waals surface area contributed by atoms with Crippen molar-refractivity contribution in [2.75, 3.05) is 34.5 Å². The molecular weight excluding hydrogens is 358 g/mol. The highest BCUT2D eigenvalue weighted by molar-refractivity contribution is 6.09. The predicted octanol–water partition coefficient (Wildman–Crippen LogP) is 2.41. The maximum Gasteiger partial charge on any atom is 0.326 e. The Kier molecular flexibility index (Phi) is 5.56. The van der Waals surface area contributed by atoms with Crippen LogP contribution in [0.25, 0.3) is 0 Å². The minimum Gasteiger partial charge on any atom is -0.497 e. The van der Waals surface area contributed by atoms with E-state index >= 15 is 0 Å². The molecule has 28 heavy (non-hydrogen) atoms. The monoisotopic (exact) mass is 383 g/mol. The van der Waals surface area contributed by atoms with Crippen LogP contribution in [0, 0.1) is 0 Å². The third kappa shape index (κ3) is 3.29. The van der Waals surface area contributed by atoms with Crippen molar-refractivity contribution in [3.05, 3.63) is 59.7 Å². The summed E-state index contributed by atoms with van der Waals surface area (Å²) in [5.41, 5.74) is 0.0291. The lowest BCUT2D eigenvalue weighted by Gasteiger charge is -2.29. The average Bonchev–Trinajstić information content (AvgIpc) is 2.99. The first kappa shape index (κ1) is 19.7. The van der Waals surface area contributed by atoms with Gasteiger partial charge in [-0.25, -0.2) is 9.69 Å². The van der Waals surface area contributed by atoms with Crippen LogP contribution in [-0.4, -0.2) is 56.2 Å². The van der Waals surface area contributed by atoms with E-state index in [2.05, 4.69) is 5.32 Å². The summed E-state index contributed by atoms with van der Waals surface area (Å²) >= 11 is 0. The van der Waals surface area contributed by atoms with Crippen molar-refractivity contribution in [3.63, 3.8) is 0 Å². The molecule has 1 aliphatic heterocycles. The molecule has 1 N–H and O–H groups in total. The number of hydrogen-bond acceptors (Lipinski definition) is 5. The molecule has 0 radical (unpaired) electrons. The zero-order chi connectivity index (χ0) is 20.3. The number of methoxy groups -OCH3 is 2. The van der Waals surface area contributed by atoms with Crippen LogP contribution in [0.1, 0.15) is 18.1 Å². The largest absolute Gasteiger partial charge is 0.497 e. The van der Waals surface area contributed by atoms with Crippen molar-refractivity contribution in [1.82, 2.24) is 15.1 Å². The van der Waals surface area contributed by atoms with E-state index in [1.54, 1.807) is 62.8 Å². The number of benzene rings is 2. The van der Waals surface area contributed by atoms with E-state index in [1.165, 1.54) is 4.90 Å². The Hall–Kier alpha value is -3.06. The Morgan fingerprint density at radius 3 is 1.79 bits per heavy atom. The minimum atomic E-state index is -1.30. The lowest BCUT2D eigenvalue weighted by molar-refractivity contribution is -0.131. The van der Waals surface area contributed by atoms with E-state index in [4.69, 9.17) is 9.47 Å². The molecule has 0 spiro atoms. The second kappa shape index (κ2) is 7.90. The lowest BCUT2D eigenvalue weighted by atomic mass is 9.82. The average molecular weight is 383 g/mol. The first-order chi connectivity index (χ1) is 13.5. The number of hydrogen-bond donors (Lipinski definition) is 1. The maximum atomic E-state index is 13.6. The molecule has 1 heterocycles. The number of carbonyl (C=O) groups excluding carboxylic acids is 2. The summed E-state index contributed by atoms with van der Waals surface area (Å²) in [6.07, 6.45) is 0. The number of urea groups is 1. The van der Waals surface area contributed by atoms with E-state index in [1.807, 2.05) is 18.9 Å². The van der Waals surface area contributed by atoms with Gasteiger partial charge >= 0.3 is 6.03 Å². The standard InChI is InChI=1S/C21H25N3O4/c1-5-23(2)14-24-19(25)21(22-20(24)26,15-6-10-17(27-3)11-7-15)16-8-12-18(28-4)13-9-16/h6-13H,5,14H2,1-4H3,(H,22,26). The van der Waals surface area contributed by atoms with Crippen molar-refractivity contribution in [2.24, 2.45) is 0 Å². The van der Waals surface area contributed by atoms with Crippen molar-refractivity contribution >= 4 is 11.9 Å². The summed E-state index contributed by atoms with van der Waals surface area (Å²) in [5.74, 6) is 1.04. The van der Waals surface area contributed by atoms with Gasteiger partial charge in [-0.15, -0.1) is 0 Å². The van der Waals surface area contributed by atoms with Crippen molar-refractivity contribution < 1.29 is 19.1 Å². The van der Waals surface area contributed by atoms with Crippen LogP contribution in [-0.2, 0) is 10.3 Å². The Balaban J connectivity index is 2.11. The first-order valence-corrected chi connectivity index (χ1v) is 9.08. The molecule has 0 unspecified atom stereocenters. The van der Waals surface area contributed by atoms with Gasteiger partial charge in [0.05, 0.1) is 20.9 Å². The fraction of sp³-hybridized carbons (Fsp3) is 0.333. The van der Waals surface area contributed by atoms with Gasteiger partial charge in [0.2, 0.25) is 0 Å². The van der Waals surface area contributed by atoms with Crippen LogP contribution >= 0.6 is 0 Å². The fourth-order valence-corrected chi connectivity index (χ4v) is 3.29. The highest BCUT2D eigenvalue weighted by Crippen LogP contribution is 2.37. The maximum absolute atomic E-state index is 13.6. The van der Waals surface area contributed by atoms with Crippen molar-refractivity contribution in [2.45, 2.75) is 12.5 Å². The van der Waals surface area contributed by atoms with E-state index in [-0.39, 0.29) is 12.6 Å². The third-order valence-corrected chi connectivity index (χ3v) is 5.07. The zero-order valence-corrected chi connectivity index (χ0v) is 16.6. The van der Waals surface area contributed by atoms with Gasteiger partial charge in [0, 0.05) is 0 Å². The number of imide groups is 1. The smallest absolute Gasteiger partial charge is 0.326 e. The Labute approximate surface area is 164 Å². The van der Waals surface area contributed by atoms with Gasteiger partial charge in [-0.3, -0.25) is 9.69 Å². The molecule has 1 fully saturated rings. The molecule has 1 aliphatic rings. The summed E-state index contributed by atoms with van der Waals surface area (Å²) in [6.45, 7) is 2.91. The van der Waals surface area contributed by atoms with Crippen molar-refractivity contribution in [1.29, 1.82) is 0 Å². The number of ether oxygens (including phenoxy) is 2. The summed E-state index contributed by atoms with van der Waals surface area (Å²) < 4.78 is 10.5. The summed E-state index contributed by atoms with van der Waals surface area (Å²) in [4.78, 5) is 29.5. The molecule has 7 nitrogen and oxygen atoms in total. The Bertz CT molecular complexity index is 801. The molecule has 3 rings (SSSR count). The molecule has 0 aromatic heterocycles. The van der Waals surface area contributed by atoms with E-state index in [0.29, 0.717) is 22.6 Å². The van der Waals surface area contributed by atoms with Gasteiger partial charge in [-0.05, 0) is 49.0 Å². The summed E-state index contributed by atoms with van der Waals surface area (Å²) in [6, 6.07) is 13.9. The van der Waals surface area contributed by atoms with Gasteiger partial charge < -0.3 is 14.8 Å². The molecule has 0 atom stereocenters. The minimum absolute atomic E-state index is 0.217. The number of nitrogens with one attached hydrogen (secondary N) is 1. The number of carbonyl (C=O) groups is 2. The Morgan fingerprint density at radius 1 is 0.929 bits per heavy atom. The number of nitrogens with zero attached hydrogens (tertiary/aromatic N) is 2. The molecule has 2 aromatic carbocycles. The quantitative estimate of drug-likeness (QED) is 0.744. The van der Waals surface area contributed by atoms with E-state index in [9.17, 15) is 9.59 Å². The van der Waals surface area contributed by atoms with Gasteiger partial charge in [0.1, 0.15) is 11.5 Å². The number of rotatable bonds is 7. The molecule has 3 amide bonds. The summed E-state index contributed by atoms with van der Waals surface area (Å²) in [7, 11) is 5.03. The van der Waals surface area contributed by atoms with Gasteiger partial charge in [-0.1, -0.05) is 31.2 Å². The van der Waals surface area contributed by atoms with Gasteiger partial charge in [0.15, 0.2) is 5.54 Å². The Morgan fingerprint density at radius 2 is 1.39 bits per heavy atom. The molecule has 0 bridgehead atoms. The topological polar surface area (TPSA) is 71.1 Å². The first-order valence-electron chi connectivity index (χ1n) is 9.08. The van der Waals surface area contributed by atoms with Crippen molar-refractivity contribution in [3.8, 4) is 11.5 Å². The SMILES string of the molecule is CCN(C)CN1C(=O)NC(c2ccc(OC)cc2)(c2ccc(OC)cc2)C1=O. The van der Waals surface area contributed by atoms with Gasteiger partial charge in [0.25, 0.3) is 5.91 Å². The molecule has 148 valence electrons. The van der Waals surface area contributed by atoms with E-state index < -0.39 is 11.6 Å². The highest BCUT2D eigenvalue weighted by atomic mass is 16.5. The van der Waals surface area contributed by atoms with Crippen LogP contribution in [0.4, 0.5) is 4.79 Å². The van der Waals surface area contributed by atoms with Crippen LogP contribution in [0.15, 0.2) is 48.5 Å². The van der Waals surface area contributed by atoms with Crippen LogP contribution in [0.5, 0.6) is 11.5 Å². The van der Waals surface area contributed by atoms with Crippen LogP contribution in [0.2, 0.25) is 0 Å². The highest BCUT2D eigenvalue weighted by Gasteiger charge is 2.53. The lowest BCUT2D eigenvalue weighted by Crippen LogP contribution is -2.46. The van der Waals surface area contributed by atoms with Crippen LogP contribution < -0.4 is 14.8 Å². The molecule has 1 saturated heterocycles. The van der Waals surface area contributed by atoms with Gasteiger partial charge in [-0.2, -0.15) is 0 Å². The molecular formula is C21H25N3O4. The second-order valence-corrected chi connectivity index (χ2v) is 6.68. The molecule has 0 aliphatic carbocycles. The summed E-state index contributed by atoms with van der Waals surface area (Å²) in [5, 5.41) is 2.93. The van der Waals surface area contributed by atoms with Crippen LogP contribution in [0.3, 0.4) is 0 Å².